The summed E-state index contributed by atoms with van der Waals surface area (Å²) in [5.41, 5.74) is -4.18. The van der Waals surface area contributed by atoms with Crippen LogP contribution in [0, 0.1) is 28.8 Å². The van der Waals surface area contributed by atoms with Crippen molar-refractivity contribution in [3.8, 4) is 0 Å². The Labute approximate surface area is 282 Å². The maximum absolute atomic E-state index is 15.3. The number of carbonyl (C=O) groups excluding carboxylic acids is 3. The standard InChI is InChI=1S/C30H19Cl5F6N2O3/c1-27(11-28(27,32)33)26(46)43-24-19(37)7-3-13(23(24)38)9-20(44)15-10-14(4-5-17(15)31)42-25(45)22-21(29(22,34)35)12-2-6-18(36)16(8-12)30(39,40)41/h2-8,10,21-22H,9,11H2,1H3,(H,42,45)(H,43,46)/t21-,22+,27?/m0/s1. The highest BCUT2D eigenvalue weighted by atomic mass is 35.5. The number of carbonyl (C=O) groups is 3. The van der Waals surface area contributed by atoms with E-state index in [1.165, 1.54) is 25.1 Å². The highest BCUT2D eigenvalue weighted by Crippen LogP contribution is 2.66. The maximum Gasteiger partial charge on any atom is 0.419 e. The van der Waals surface area contributed by atoms with Gasteiger partial charge in [0.1, 0.15) is 26.0 Å². The molecule has 0 radical (unpaired) electrons. The first-order chi connectivity index (χ1) is 21.2. The van der Waals surface area contributed by atoms with E-state index >= 15 is 4.39 Å². The van der Waals surface area contributed by atoms with Crippen molar-refractivity contribution in [2.24, 2.45) is 11.3 Å². The summed E-state index contributed by atoms with van der Waals surface area (Å²) in [7, 11) is 0. The fourth-order valence-electron chi connectivity index (χ4n) is 5.07. The third-order valence-corrected chi connectivity index (χ3v) is 10.4. The van der Waals surface area contributed by atoms with Crippen molar-refractivity contribution in [2.45, 2.75) is 40.5 Å². The van der Waals surface area contributed by atoms with E-state index in [-0.39, 0.29) is 33.8 Å². The van der Waals surface area contributed by atoms with Crippen LogP contribution in [0.1, 0.15) is 46.3 Å². The Hall–Kier alpha value is -2.70. The molecule has 2 aliphatic carbocycles. The maximum atomic E-state index is 15.3. The van der Waals surface area contributed by atoms with Crippen LogP contribution in [0.15, 0.2) is 48.5 Å². The summed E-state index contributed by atoms with van der Waals surface area (Å²) in [5, 5.41) is 4.53. The zero-order chi connectivity index (χ0) is 34.1. The summed E-state index contributed by atoms with van der Waals surface area (Å²) < 4.78 is 80.0. The van der Waals surface area contributed by atoms with Gasteiger partial charge >= 0.3 is 6.18 Å². The molecule has 1 unspecified atom stereocenters. The molecule has 3 atom stereocenters. The first-order valence-corrected chi connectivity index (χ1v) is 15.1. The summed E-state index contributed by atoms with van der Waals surface area (Å²) in [6.07, 6.45) is -5.57. The normalized spacial score (nSPS) is 22.6. The predicted octanol–water partition coefficient (Wildman–Crippen LogP) is 9.25. The minimum atomic E-state index is -5.00. The van der Waals surface area contributed by atoms with Gasteiger partial charge in [-0.25, -0.2) is 13.2 Å². The van der Waals surface area contributed by atoms with Crippen LogP contribution in [0.5, 0.6) is 0 Å². The highest BCUT2D eigenvalue weighted by molar-refractivity contribution is 6.54. The smallest absolute Gasteiger partial charge is 0.326 e. The molecule has 5 rings (SSSR count). The molecular formula is C30H19Cl5F6N2O3. The van der Waals surface area contributed by atoms with Gasteiger partial charge in [0.05, 0.1) is 21.9 Å². The summed E-state index contributed by atoms with van der Waals surface area (Å²) in [6.45, 7) is 1.43. The third kappa shape index (κ3) is 6.29. The second kappa shape index (κ2) is 11.8. The van der Waals surface area contributed by atoms with Crippen LogP contribution >= 0.6 is 58.0 Å². The Bertz CT molecular complexity index is 1800. The average Bonchev–Trinajstić information content (AvgIpc) is 3.73. The Kier molecular flexibility index (Phi) is 8.86. The molecule has 16 heteroatoms. The fourth-order valence-corrected chi connectivity index (χ4v) is 6.83. The molecule has 0 spiro atoms. The van der Waals surface area contributed by atoms with Gasteiger partial charge in [0, 0.05) is 23.6 Å². The second-order valence-electron chi connectivity index (χ2n) is 11.2. The largest absolute Gasteiger partial charge is 0.419 e. The second-order valence-corrected chi connectivity index (χ2v) is 14.5. The number of halogens is 11. The number of alkyl halides is 7. The number of Topliss-reactive ketones (excluding diaryl/α,β-unsaturated/α-hetero) is 1. The molecule has 244 valence electrons. The fraction of sp³-hybridized carbons (Fsp3) is 0.300. The zero-order valence-electron chi connectivity index (χ0n) is 23.1. The van der Waals surface area contributed by atoms with Crippen LogP contribution < -0.4 is 10.6 Å². The summed E-state index contributed by atoms with van der Waals surface area (Å²) >= 11 is 30.6. The van der Waals surface area contributed by atoms with Gasteiger partial charge in [-0.1, -0.05) is 23.7 Å². The molecule has 0 aliphatic heterocycles. The lowest BCUT2D eigenvalue weighted by atomic mass is 10.0. The van der Waals surface area contributed by atoms with Crippen LogP contribution in [0.4, 0.5) is 37.7 Å². The number of hydrogen-bond donors (Lipinski definition) is 2. The van der Waals surface area contributed by atoms with Crippen LogP contribution in [-0.2, 0) is 22.2 Å². The van der Waals surface area contributed by atoms with Gasteiger partial charge < -0.3 is 10.6 Å². The number of anilines is 2. The number of amides is 2. The molecule has 5 nitrogen and oxygen atoms in total. The van der Waals surface area contributed by atoms with Crippen LogP contribution in [0.3, 0.4) is 0 Å². The molecular weight excluding hydrogens is 728 g/mol. The van der Waals surface area contributed by atoms with Gasteiger partial charge in [0.15, 0.2) is 11.6 Å². The molecule has 3 aromatic rings. The van der Waals surface area contributed by atoms with Gasteiger partial charge in [-0.3, -0.25) is 14.4 Å². The van der Waals surface area contributed by atoms with Crippen molar-refractivity contribution in [1.29, 1.82) is 0 Å². The van der Waals surface area contributed by atoms with E-state index in [0.29, 0.717) is 12.1 Å². The first kappa shape index (κ1) is 34.6. The molecule has 2 amide bonds. The van der Waals surface area contributed by atoms with E-state index in [4.69, 9.17) is 58.0 Å². The SMILES string of the molecule is CC1(C(=O)Nc2c(F)ccc(CC(=O)c3cc(NC(=O)[C@H]4[C@H](c5ccc(F)c(C(F)(F)F)c5)C4(Cl)Cl)ccc3Cl)c2F)CC1(Cl)Cl. The Morgan fingerprint density at radius 1 is 0.913 bits per heavy atom. The van der Waals surface area contributed by atoms with Crippen molar-refractivity contribution in [3.05, 3.63) is 93.3 Å². The number of benzene rings is 3. The van der Waals surface area contributed by atoms with Crippen molar-refractivity contribution < 1.29 is 40.7 Å². The van der Waals surface area contributed by atoms with Gasteiger partial charge in [-0.15, -0.1) is 46.4 Å². The molecule has 46 heavy (non-hydrogen) atoms. The van der Waals surface area contributed by atoms with Crippen LogP contribution in [0.25, 0.3) is 0 Å². The molecule has 2 fully saturated rings. The summed E-state index contributed by atoms with van der Waals surface area (Å²) in [4.78, 5) is 38.8. The van der Waals surface area contributed by atoms with E-state index in [0.717, 1.165) is 18.2 Å². The molecule has 0 heterocycles. The first-order valence-electron chi connectivity index (χ1n) is 13.2. The lowest BCUT2D eigenvalue weighted by Gasteiger charge is -2.15. The minimum Gasteiger partial charge on any atom is -0.326 e. The lowest BCUT2D eigenvalue weighted by Crippen LogP contribution is -2.27. The van der Waals surface area contributed by atoms with Crippen molar-refractivity contribution in [2.75, 3.05) is 10.6 Å². The molecule has 3 aromatic carbocycles. The third-order valence-electron chi connectivity index (χ3n) is 8.04. The quantitative estimate of drug-likeness (QED) is 0.137. The van der Waals surface area contributed by atoms with Crippen LogP contribution in [0.2, 0.25) is 5.02 Å². The summed E-state index contributed by atoms with van der Waals surface area (Å²) in [5.74, 6) is -8.58. The summed E-state index contributed by atoms with van der Waals surface area (Å²) in [6, 6.07) is 7.79. The van der Waals surface area contributed by atoms with Gasteiger partial charge in [-0.05, 0) is 60.9 Å². The number of ketones is 1. The highest BCUT2D eigenvalue weighted by Gasteiger charge is 2.68. The monoisotopic (exact) mass is 744 g/mol. The van der Waals surface area contributed by atoms with E-state index in [1.807, 2.05) is 0 Å². The van der Waals surface area contributed by atoms with Gasteiger partial charge in [0.25, 0.3) is 0 Å². The molecule has 2 N–H and O–H groups in total. The van der Waals surface area contributed by atoms with Gasteiger partial charge in [0.2, 0.25) is 11.8 Å². The predicted molar refractivity (Wildman–Crippen MR) is 162 cm³/mol. The topological polar surface area (TPSA) is 75.3 Å². The van der Waals surface area contributed by atoms with E-state index in [2.05, 4.69) is 10.6 Å². The molecule has 0 saturated heterocycles. The van der Waals surface area contributed by atoms with E-state index in [1.54, 1.807) is 0 Å². The Morgan fingerprint density at radius 2 is 1.54 bits per heavy atom. The number of rotatable bonds is 8. The van der Waals surface area contributed by atoms with Crippen molar-refractivity contribution in [3.63, 3.8) is 0 Å². The lowest BCUT2D eigenvalue weighted by molar-refractivity contribution is -0.140. The zero-order valence-corrected chi connectivity index (χ0v) is 26.8. The number of nitrogens with one attached hydrogen (secondary N) is 2. The number of hydrogen-bond acceptors (Lipinski definition) is 3. The molecule has 2 aliphatic rings. The van der Waals surface area contributed by atoms with Crippen molar-refractivity contribution >= 4 is 87.0 Å². The van der Waals surface area contributed by atoms with Gasteiger partial charge in [-0.2, -0.15) is 13.2 Å². The van der Waals surface area contributed by atoms with Crippen LogP contribution in [-0.4, -0.2) is 26.3 Å². The Balaban J connectivity index is 1.32. The molecule has 0 bridgehead atoms. The molecule has 0 aromatic heterocycles. The molecule has 2 saturated carbocycles. The average molecular weight is 747 g/mol. The van der Waals surface area contributed by atoms with E-state index in [9.17, 15) is 36.3 Å². The van der Waals surface area contributed by atoms with Crippen molar-refractivity contribution in [1.82, 2.24) is 0 Å². The minimum absolute atomic E-state index is 0.0125. The Morgan fingerprint density at radius 3 is 2.15 bits per heavy atom. The van der Waals surface area contributed by atoms with E-state index < -0.39 is 84.8 Å².